The molecule has 3 saturated carbocycles. The monoisotopic (exact) mass is 332 g/mol. The number of methoxy groups -OCH3 is 1. The van der Waals surface area contributed by atoms with Crippen molar-refractivity contribution in [3.8, 4) is 0 Å². The summed E-state index contributed by atoms with van der Waals surface area (Å²) in [5, 5.41) is 10.1. The van der Waals surface area contributed by atoms with Crippen LogP contribution in [0.5, 0.6) is 0 Å². The van der Waals surface area contributed by atoms with Gasteiger partial charge in [-0.05, 0) is 74.0 Å². The highest BCUT2D eigenvalue weighted by Crippen LogP contribution is 2.65. The molecule has 24 heavy (non-hydrogen) atoms. The molecule has 134 valence electrons. The Morgan fingerprint density at radius 1 is 1.17 bits per heavy atom. The van der Waals surface area contributed by atoms with Gasteiger partial charge < -0.3 is 9.84 Å². The highest BCUT2D eigenvalue weighted by atomic mass is 16.5. The zero-order chi connectivity index (χ0) is 17.1. The summed E-state index contributed by atoms with van der Waals surface area (Å²) in [7, 11) is 1.52. The highest BCUT2D eigenvalue weighted by Gasteiger charge is 2.59. The molecule has 0 aliphatic heterocycles. The van der Waals surface area contributed by atoms with E-state index in [-0.39, 0.29) is 23.4 Å². The van der Waals surface area contributed by atoms with Gasteiger partial charge in [-0.2, -0.15) is 0 Å². The molecule has 4 aliphatic carbocycles. The summed E-state index contributed by atoms with van der Waals surface area (Å²) >= 11 is 0. The SMILES string of the molecule is COC(=O)[C@H]1CC[C@H]2[C@@H]3CC[C@@H]4C[C@@H](O)CC[C@]4(C)[C@H]3C=C[C@]12C. The number of hydrogen-bond acceptors (Lipinski definition) is 3. The second-order valence-electron chi connectivity index (χ2n) is 9.38. The lowest BCUT2D eigenvalue weighted by Crippen LogP contribution is -2.52. The maximum Gasteiger partial charge on any atom is 0.309 e. The fourth-order valence-corrected chi connectivity index (χ4v) is 7.13. The normalized spacial score (nSPS) is 53.0. The zero-order valence-corrected chi connectivity index (χ0v) is 15.3. The van der Waals surface area contributed by atoms with Crippen LogP contribution in [0.2, 0.25) is 0 Å². The van der Waals surface area contributed by atoms with Crippen molar-refractivity contribution in [2.75, 3.05) is 7.11 Å². The number of aliphatic hydroxyl groups is 1. The van der Waals surface area contributed by atoms with Crippen LogP contribution in [-0.2, 0) is 9.53 Å². The van der Waals surface area contributed by atoms with Crippen molar-refractivity contribution in [2.24, 2.45) is 40.4 Å². The Bertz CT molecular complexity index is 555. The molecule has 8 atom stereocenters. The predicted molar refractivity (Wildman–Crippen MR) is 93.1 cm³/mol. The number of esters is 1. The molecule has 3 fully saturated rings. The van der Waals surface area contributed by atoms with E-state index in [1.165, 1.54) is 20.0 Å². The summed E-state index contributed by atoms with van der Waals surface area (Å²) in [5.41, 5.74) is 0.314. The van der Waals surface area contributed by atoms with E-state index in [0.717, 1.165) is 32.1 Å². The first-order valence-corrected chi connectivity index (χ1v) is 9.85. The second kappa shape index (κ2) is 5.59. The van der Waals surface area contributed by atoms with Crippen LogP contribution in [-0.4, -0.2) is 24.3 Å². The number of fused-ring (bicyclic) bond motifs is 5. The number of hydrogen-bond donors (Lipinski definition) is 1. The fraction of sp³-hybridized carbons (Fsp3) is 0.857. The van der Waals surface area contributed by atoms with Crippen LogP contribution in [0.3, 0.4) is 0 Å². The molecular formula is C21H32O3. The van der Waals surface area contributed by atoms with Gasteiger partial charge >= 0.3 is 5.97 Å². The largest absolute Gasteiger partial charge is 0.469 e. The summed E-state index contributed by atoms with van der Waals surface area (Å²) in [6.45, 7) is 4.76. The van der Waals surface area contributed by atoms with Gasteiger partial charge in [0.25, 0.3) is 0 Å². The lowest BCUT2D eigenvalue weighted by atomic mass is 9.47. The van der Waals surface area contributed by atoms with E-state index in [0.29, 0.717) is 29.1 Å². The first-order valence-electron chi connectivity index (χ1n) is 9.85. The Kier molecular flexibility index (Phi) is 3.87. The number of carbonyl (C=O) groups is 1. The third kappa shape index (κ3) is 2.16. The molecule has 4 rings (SSSR count). The zero-order valence-electron chi connectivity index (χ0n) is 15.3. The van der Waals surface area contributed by atoms with E-state index in [1.807, 2.05) is 0 Å². The van der Waals surface area contributed by atoms with Crippen molar-refractivity contribution in [1.82, 2.24) is 0 Å². The van der Waals surface area contributed by atoms with Gasteiger partial charge in [-0.1, -0.05) is 26.0 Å². The lowest BCUT2D eigenvalue weighted by Gasteiger charge is -2.58. The topological polar surface area (TPSA) is 46.5 Å². The van der Waals surface area contributed by atoms with Crippen molar-refractivity contribution >= 4 is 5.97 Å². The van der Waals surface area contributed by atoms with Crippen LogP contribution in [0.1, 0.15) is 58.8 Å². The Hall–Kier alpha value is -0.830. The van der Waals surface area contributed by atoms with Crippen LogP contribution < -0.4 is 0 Å². The summed E-state index contributed by atoms with van der Waals surface area (Å²) in [4.78, 5) is 12.3. The molecule has 0 spiro atoms. The molecule has 0 aromatic carbocycles. The van der Waals surface area contributed by atoms with Gasteiger partial charge in [-0.15, -0.1) is 0 Å². The molecule has 4 aliphatic rings. The molecule has 0 heterocycles. The van der Waals surface area contributed by atoms with Crippen LogP contribution in [0.15, 0.2) is 12.2 Å². The number of ether oxygens (including phenoxy) is 1. The molecule has 0 unspecified atom stereocenters. The van der Waals surface area contributed by atoms with Crippen LogP contribution in [0.4, 0.5) is 0 Å². The quantitative estimate of drug-likeness (QED) is 0.584. The summed E-state index contributed by atoms with van der Waals surface area (Å²) in [5.74, 6) is 2.60. The van der Waals surface area contributed by atoms with E-state index in [9.17, 15) is 9.90 Å². The molecule has 0 aromatic heterocycles. The first-order chi connectivity index (χ1) is 11.4. The Balaban J connectivity index is 1.66. The molecule has 3 heteroatoms. The lowest BCUT2D eigenvalue weighted by molar-refractivity contribution is -0.149. The van der Waals surface area contributed by atoms with Crippen LogP contribution in [0.25, 0.3) is 0 Å². The number of aliphatic hydroxyl groups excluding tert-OH is 1. The van der Waals surface area contributed by atoms with Crippen LogP contribution >= 0.6 is 0 Å². The minimum absolute atomic E-state index is 0.0222. The Morgan fingerprint density at radius 3 is 2.71 bits per heavy atom. The van der Waals surface area contributed by atoms with Gasteiger partial charge in [-0.25, -0.2) is 0 Å². The van der Waals surface area contributed by atoms with Crippen molar-refractivity contribution in [3.63, 3.8) is 0 Å². The van der Waals surface area contributed by atoms with Crippen molar-refractivity contribution in [1.29, 1.82) is 0 Å². The molecular weight excluding hydrogens is 300 g/mol. The summed E-state index contributed by atoms with van der Waals surface area (Å²) < 4.78 is 5.10. The van der Waals surface area contributed by atoms with Gasteiger partial charge in [0, 0.05) is 5.41 Å². The number of carbonyl (C=O) groups excluding carboxylic acids is 1. The molecule has 0 aromatic rings. The second-order valence-corrected chi connectivity index (χ2v) is 9.38. The van der Waals surface area contributed by atoms with Gasteiger partial charge in [-0.3, -0.25) is 4.79 Å². The van der Waals surface area contributed by atoms with Gasteiger partial charge in [0.05, 0.1) is 19.1 Å². The number of rotatable bonds is 1. The first kappa shape index (κ1) is 16.6. The third-order valence-corrected chi connectivity index (χ3v) is 8.56. The average Bonchev–Trinajstić information content (AvgIpc) is 2.92. The standard InChI is InChI=1S/C21H32O3/c1-20-10-8-14(22)12-13(20)4-5-15-16-6-7-18(19(23)24-3)21(16,2)11-9-17(15)20/h9,11,13-18,22H,4-8,10,12H2,1-3H3/t13-,14+,15+,16+,17+,18-,20+,21+/m1/s1. The summed E-state index contributed by atoms with van der Waals surface area (Å²) in [6.07, 6.45) is 12.5. The smallest absolute Gasteiger partial charge is 0.309 e. The third-order valence-electron chi connectivity index (χ3n) is 8.56. The van der Waals surface area contributed by atoms with Gasteiger partial charge in [0.15, 0.2) is 0 Å². The van der Waals surface area contributed by atoms with E-state index < -0.39 is 0 Å². The Labute approximate surface area is 145 Å². The highest BCUT2D eigenvalue weighted by molar-refractivity contribution is 5.74. The molecule has 0 bridgehead atoms. The van der Waals surface area contributed by atoms with Crippen molar-refractivity contribution < 1.29 is 14.6 Å². The molecule has 0 amide bonds. The Morgan fingerprint density at radius 2 is 1.96 bits per heavy atom. The van der Waals surface area contributed by atoms with Crippen molar-refractivity contribution in [3.05, 3.63) is 12.2 Å². The molecule has 3 nitrogen and oxygen atoms in total. The molecule has 1 N–H and O–H groups in total. The maximum absolute atomic E-state index is 12.3. The van der Waals surface area contributed by atoms with E-state index in [1.54, 1.807) is 0 Å². The molecule has 0 radical (unpaired) electrons. The molecule has 0 saturated heterocycles. The minimum atomic E-state index is -0.0901. The van der Waals surface area contributed by atoms with Crippen LogP contribution in [0, 0.1) is 40.4 Å². The van der Waals surface area contributed by atoms with Gasteiger partial charge in [0.2, 0.25) is 0 Å². The number of allylic oxidation sites excluding steroid dienone is 2. The van der Waals surface area contributed by atoms with Crippen molar-refractivity contribution in [2.45, 2.75) is 64.9 Å². The maximum atomic E-state index is 12.3. The van der Waals surface area contributed by atoms with E-state index in [4.69, 9.17) is 4.74 Å². The van der Waals surface area contributed by atoms with E-state index in [2.05, 4.69) is 26.0 Å². The van der Waals surface area contributed by atoms with E-state index >= 15 is 0 Å². The fourth-order valence-electron chi connectivity index (χ4n) is 7.13. The predicted octanol–water partition coefficient (Wildman–Crippen LogP) is 3.96. The average molecular weight is 332 g/mol. The summed E-state index contributed by atoms with van der Waals surface area (Å²) in [6, 6.07) is 0. The van der Waals surface area contributed by atoms with Gasteiger partial charge in [0.1, 0.15) is 0 Å². The minimum Gasteiger partial charge on any atom is -0.469 e.